The van der Waals surface area contributed by atoms with Gasteiger partial charge in [-0.3, -0.25) is 4.90 Å². The molecule has 0 bridgehead atoms. The minimum Gasteiger partial charge on any atom is -0.353 e. The van der Waals surface area contributed by atoms with Crippen LogP contribution in [0.1, 0.15) is 51.2 Å². The van der Waals surface area contributed by atoms with E-state index in [2.05, 4.69) is 19.8 Å². The number of fused-ring (bicyclic) bond motifs is 1. The minimum absolute atomic E-state index is 0.00763. The van der Waals surface area contributed by atoms with Crippen LogP contribution < -0.4 is 0 Å². The van der Waals surface area contributed by atoms with Crippen LogP contribution >= 0.6 is 11.6 Å². The Kier molecular flexibility index (Phi) is 4.80. The zero-order valence-electron chi connectivity index (χ0n) is 17.5. The number of likely N-dealkylation sites (tertiary alicyclic amines) is 2. The van der Waals surface area contributed by atoms with Gasteiger partial charge < -0.3 is 14.2 Å². The fraction of sp³-hybridized carbons (Fsp3) is 0.727. The third kappa shape index (κ3) is 3.65. The Morgan fingerprint density at radius 1 is 1.13 bits per heavy atom. The molecule has 2 aromatic heterocycles. The van der Waals surface area contributed by atoms with E-state index in [0.717, 1.165) is 49.8 Å². The quantitative estimate of drug-likeness (QED) is 0.655. The Hall–Kier alpha value is -1.35. The monoisotopic (exact) mass is 451 g/mol. The van der Waals surface area contributed by atoms with Crippen LogP contribution in [0.3, 0.4) is 0 Å². The van der Waals surface area contributed by atoms with Crippen LogP contribution in [0.25, 0.3) is 11.0 Å². The molecule has 2 aromatic rings. The summed E-state index contributed by atoms with van der Waals surface area (Å²) in [4.78, 5) is 13.0. The van der Waals surface area contributed by atoms with E-state index in [9.17, 15) is 8.78 Å². The first-order valence-electron chi connectivity index (χ1n) is 11.4. The second kappa shape index (κ2) is 7.33. The Bertz CT molecular complexity index is 972. The number of rotatable bonds is 4. The Morgan fingerprint density at radius 3 is 2.71 bits per heavy atom. The highest BCUT2D eigenvalue weighted by molar-refractivity contribution is 6.33. The standard InChI is InChI=1S/C22H28ClF2N5O/c23-19-17-5-8-30(20(17)27-14-26-19)18-4-3-16(31-18)11-29-13-22(24,25)12-21(29)6-9-28(10-7-21)15-1-2-15/h5,8,14-16,18H,1-4,6-7,9-13H2. The Morgan fingerprint density at radius 2 is 1.94 bits per heavy atom. The van der Waals surface area contributed by atoms with Crippen molar-refractivity contribution in [2.75, 3.05) is 26.2 Å². The number of piperidine rings is 1. The van der Waals surface area contributed by atoms with E-state index in [0.29, 0.717) is 17.7 Å². The lowest BCUT2D eigenvalue weighted by atomic mass is 9.84. The van der Waals surface area contributed by atoms with Crippen molar-refractivity contribution in [3.8, 4) is 0 Å². The van der Waals surface area contributed by atoms with Crippen molar-refractivity contribution >= 4 is 22.6 Å². The number of hydrogen-bond donors (Lipinski definition) is 0. The summed E-state index contributed by atoms with van der Waals surface area (Å²) in [6, 6.07) is 2.61. The molecule has 0 radical (unpaired) electrons. The van der Waals surface area contributed by atoms with Crippen molar-refractivity contribution < 1.29 is 13.5 Å². The van der Waals surface area contributed by atoms with Gasteiger partial charge in [0, 0.05) is 43.8 Å². The van der Waals surface area contributed by atoms with Gasteiger partial charge in [-0.05, 0) is 44.6 Å². The molecule has 1 aliphatic carbocycles. The molecule has 5 heterocycles. The zero-order valence-corrected chi connectivity index (χ0v) is 18.3. The summed E-state index contributed by atoms with van der Waals surface area (Å²) in [6.45, 7) is 2.32. The first-order valence-corrected chi connectivity index (χ1v) is 11.8. The van der Waals surface area contributed by atoms with E-state index in [4.69, 9.17) is 16.3 Å². The molecular formula is C22H28ClF2N5O. The summed E-state index contributed by atoms with van der Waals surface area (Å²) < 4.78 is 37.4. The third-order valence-corrected chi connectivity index (χ3v) is 8.05. The largest absolute Gasteiger partial charge is 0.353 e. The molecule has 3 aliphatic heterocycles. The fourth-order valence-corrected chi connectivity index (χ4v) is 6.23. The second-order valence-electron chi connectivity index (χ2n) is 9.82. The molecule has 2 atom stereocenters. The van der Waals surface area contributed by atoms with Crippen LogP contribution in [0.2, 0.25) is 5.15 Å². The van der Waals surface area contributed by atoms with Gasteiger partial charge in [-0.25, -0.2) is 18.7 Å². The Labute approximate surface area is 185 Å². The van der Waals surface area contributed by atoms with E-state index < -0.39 is 5.92 Å². The number of aromatic nitrogens is 3. The lowest BCUT2D eigenvalue weighted by molar-refractivity contribution is -0.0356. The fourth-order valence-electron chi connectivity index (χ4n) is 6.04. The number of nitrogens with zero attached hydrogens (tertiary/aromatic N) is 5. The molecule has 168 valence electrons. The summed E-state index contributed by atoms with van der Waals surface area (Å²) in [6.07, 6.45) is 9.10. The molecule has 9 heteroatoms. The van der Waals surface area contributed by atoms with E-state index >= 15 is 0 Å². The average Bonchev–Trinajstić information content (AvgIpc) is 3.22. The highest BCUT2D eigenvalue weighted by Gasteiger charge is 2.56. The van der Waals surface area contributed by atoms with Crippen molar-refractivity contribution in [2.24, 2.45) is 0 Å². The van der Waals surface area contributed by atoms with Crippen molar-refractivity contribution in [3.63, 3.8) is 0 Å². The molecule has 0 aromatic carbocycles. The van der Waals surface area contributed by atoms with Crippen LogP contribution in [-0.4, -0.2) is 74.1 Å². The molecule has 0 N–H and O–H groups in total. The highest BCUT2D eigenvalue weighted by atomic mass is 35.5. The predicted molar refractivity (Wildman–Crippen MR) is 113 cm³/mol. The molecule has 31 heavy (non-hydrogen) atoms. The molecule has 6 nitrogen and oxygen atoms in total. The highest BCUT2D eigenvalue weighted by Crippen LogP contribution is 2.47. The predicted octanol–water partition coefficient (Wildman–Crippen LogP) is 4.10. The van der Waals surface area contributed by atoms with Gasteiger partial charge in [0.2, 0.25) is 0 Å². The molecule has 4 fully saturated rings. The number of ether oxygens (including phenoxy) is 1. The number of halogens is 3. The van der Waals surface area contributed by atoms with Crippen molar-refractivity contribution in [3.05, 3.63) is 23.7 Å². The molecular weight excluding hydrogens is 424 g/mol. The maximum Gasteiger partial charge on any atom is 0.262 e. The normalized spacial score (nSPS) is 31.2. The SMILES string of the molecule is FC1(F)CN(CC2CCC(n3ccc4c(Cl)ncnc43)O2)C2(CCN(C3CC3)CC2)C1. The Balaban J connectivity index is 1.15. The van der Waals surface area contributed by atoms with Crippen molar-refractivity contribution in [1.82, 2.24) is 24.3 Å². The van der Waals surface area contributed by atoms with Crippen LogP contribution in [0.5, 0.6) is 0 Å². The minimum atomic E-state index is -2.61. The third-order valence-electron chi connectivity index (χ3n) is 7.75. The van der Waals surface area contributed by atoms with E-state index in [-0.39, 0.29) is 30.8 Å². The van der Waals surface area contributed by atoms with Gasteiger partial charge in [-0.15, -0.1) is 0 Å². The summed E-state index contributed by atoms with van der Waals surface area (Å²) in [5, 5.41) is 1.23. The van der Waals surface area contributed by atoms with Gasteiger partial charge in [0.1, 0.15) is 23.4 Å². The summed E-state index contributed by atoms with van der Waals surface area (Å²) in [7, 11) is 0. The zero-order chi connectivity index (χ0) is 21.2. The second-order valence-corrected chi connectivity index (χ2v) is 10.2. The van der Waals surface area contributed by atoms with Crippen molar-refractivity contribution in [1.29, 1.82) is 0 Å². The van der Waals surface area contributed by atoms with Gasteiger partial charge in [0.15, 0.2) is 0 Å². The first-order chi connectivity index (χ1) is 14.9. The molecule has 1 spiro atoms. The maximum absolute atomic E-state index is 14.6. The molecule has 4 aliphatic rings. The summed E-state index contributed by atoms with van der Waals surface area (Å²) in [5.74, 6) is -2.61. The van der Waals surface area contributed by atoms with Crippen LogP contribution in [0.15, 0.2) is 18.6 Å². The topological polar surface area (TPSA) is 46.4 Å². The van der Waals surface area contributed by atoms with Crippen LogP contribution in [0.4, 0.5) is 8.78 Å². The molecule has 1 saturated carbocycles. The average molecular weight is 452 g/mol. The lowest BCUT2D eigenvalue weighted by Crippen LogP contribution is -2.54. The van der Waals surface area contributed by atoms with E-state index in [1.807, 2.05) is 16.8 Å². The van der Waals surface area contributed by atoms with Gasteiger partial charge in [0.25, 0.3) is 5.92 Å². The number of hydrogen-bond acceptors (Lipinski definition) is 5. The first kappa shape index (κ1) is 20.3. The molecule has 2 unspecified atom stereocenters. The molecule has 6 rings (SSSR count). The van der Waals surface area contributed by atoms with E-state index in [1.54, 1.807) is 0 Å². The smallest absolute Gasteiger partial charge is 0.262 e. The van der Waals surface area contributed by atoms with Gasteiger partial charge in [-0.2, -0.15) is 0 Å². The molecule has 3 saturated heterocycles. The van der Waals surface area contributed by atoms with Crippen LogP contribution in [0, 0.1) is 0 Å². The van der Waals surface area contributed by atoms with Crippen molar-refractivity contribution in [2.45, 2.75) is 74.8 Å². The summed E-state index contributed by atoms with van der Waals surface area (Å²) in [5.41, 5.74) is 0.374. The van der Waals surface area contributed by atoms with Gasteiger partial charge >= 0.3 is 0 Å². The maximum atomic E-state index is 14.6. The molecule has 0 amide bonds. The lowest BCUT2D eigenvalue weighted by Gasteiger charge is -2.45. The summed E-state index contributed by atoms with van der Waals surface area (Å²) >= 11 is 6.18. The van der Waals surface area contributed by atoms with E-state index in [1.165, 1.54) is 19.2 Å². The number of alkyl halides is 2. The van der Waals surface area contributed by atoms with Crippen LogP contribution in [-0.2, 0) is 4.74 Å². The van der Waals surface area contributed by atoms with Gasteiger partial charge in [0.05, 0.1) is 18.0 Å². The van der Waals surface area contributed by atoms with Gasteiger partial charge in [-0.1, -0.05) is 11.6 Å².